The molecular formula is C13H22N4O. The first-order chi connectivity index (χ1) is 8.79. The number of rotatable bonds is 5. The van der Waals surface area contributed by atoms with Crippen LogP contribution >= 0.6 is 0 Å². The van der Waals surface area contributed by atoms with Gasteiger partial charge in [0.05, 0.1) is 12.4 Å². The first kappa shape index (κ1) is 13.1. The molecule has 1 aliphatic carbocycles. The summed E-state index contributed by atoms with van der Waals surface area (Å²) < 4.78 is 0. The number of carbonyl (C=O) groups is 1. The van der Waals surface area contributed by atoms with Gasteiger partial charge in [-0.2, -0.15) is 0 Å². The minimum absolute atomic E-state index is 0.0511. The molecule has 1 heterocycles. The summed E-state index contributed by atoms with van der Waals surface area (Å²) in [6.45, 7) is 0. The Balaban J connectivity index is 1.93. The van der Waals surface area contributed by atoms with Gasteiger partial charge in [0.15, 0.2) is 0 Å². The lowest BCUT2D eigenvalue weighted by Crippen LogP contribution is -2.49. The minimum Gasteiger partial charge on any atom is -0.358 e. The minimum atomic E-state index is -0.168. The maximum atomic E-state index is 11.9. The Bertz CT molecular complexity index is 357. The van der Waals surface area contributed by atoms with Crippen LogP contribution < -0.4 is 10.6 Å². The molecule has 0 bridgehead atoms. The third-order valence-electron chi connectivity index (χ3n) is 3.58. The summed E-state index contributed by atoms with van der Waals surface area (Å²) in [6, 6.07) is 0.308. The topological polar surface area (TPSA) is 69.8 Å². The average Bonchev–Trinajstić information content (AvgIpc) is 2.91. The van der Waals surface area contributed by atoms with Crippen LogP contribution in [0, 0.1) is 0 Å². The molecule has 0 radical (unpaired) electrons. The predicted molar refractivity (Wildman–Crippen MR) is 70.2 cm³/mol. The summed E-state index contributed by atoms with van der Waals surface area (Å²) >= 11 is 0. The Kier molecular flexibility index (Phi) is 4.75. The summed E-state index contributed by atoms with van der Waals surface area (Å²) in [6.07, 6.45) is 10.3. The second-order valence-electron chi connectivity index (χ2n) is 4.95. The Hall–Kier alpha value is -1.36. The largest absolute Gasteiger partial charge is 0.358 e. The zero-order valence-electron chi connectivity index (χ0n) is 10.9. The second-order valence-corrected chi connectivity index (χ2v) is 4.95. The fourth-order valence-electron chi connectivity index (χ4n) is 2.57. The monoisotopic (exact) mass is 250 g/mol. The van der Waals surface area contributed by atoms with E-state index >= 15 is 0 Å². The molecule has 0 aromatic carbocycles. The van der Waals surface area contributed by atoms with E-state index < -0.39 is 0 Å². The fraction of sp³-hybridized carbons (Fsp3) is 0.692. The summed E-state index contributed by atoms with van der Waals surface area (Å²) in [5.41, 5.74) is 0.993. The van der Waals surface area contributed by atoms with Gasteiger partial charge < -0.3 is 15.6 Å². The second kappa shape index (κ2) is 6.54. The molecule has 1 aliphatic rings. The van der Waals surface area contributed by atoms with Gasteiger partial charge in [-0.05, 0) is 12.8 Å². The highest BCUT2D eigenvalue weighted by Gasteiger charge is 2.23. The molecule has 18 heavy (non-hydrogen) atoms. The van der Waals surface area contributed by atoms with Crippen molar-refractivity contribution in [1.29, 1.82) is 0 Å². The number of carbonyl (C=O) groups excluding carboxylic acids is 1. The number of hydrogen-bond acceptors (Lipinski definition) is 3. The number of H-pyrrole nitrogens is 1. The van der Waals surface area contributed by atoms with Crippen LogP contribution in [0.25, 0.3) is 0 Å². The number of hydrogen-bond donors (Lipinski definition) is 3. The molecule has 1 amide bonds. The summed E-state index contributed by atoms with van der Waals surface area (Å²) in [4.78, 5) is 18.9. The van der Waals surface area contributed by atoms with E-state index in [1.54, 1.807) is 19.6 Å². The van der Waals surface area contributed by atoms with Gasteiger partial charge in [0.1, 0.15) is 0 Å². The number of aromatic amines is 1. The van der Waals surface area contributed by atoms with Gasteiger partial charge in [-0.25, -0.2) is 4.98 Å². The molecule has 2 rings (SSSR count). The number of imidazole rings is 1. The van der Waals surface area contributed by atoms with Crippen molar-refractivity contribution in [3.63, 3.8) is 0 Å². The Labute approximate surface area is 108 Å². The first-order valence-corrected chi connectivity index (χ1v) is 6.74. The molecule has 5 heteroatoms. The van der Waals surface area contributed by atoms with Crippen LogP contribution in [0.15, 0.2) is 12.5 Å². The molecule has 5 nitrogen and oxygen atoms in total. The van der Waals surface area contributed by atoms with E-state index in [-0.39, 0.29) is 11.9 Å². The molecule has 1 saturated carbocycles. The van der Waals surface area contributed by atoms with Gasteiger partial charge in [-0.3, -0.25) is 4.79 Å². The van der Waals surface area contributed by atoms with Crippen molar-refractivity contribution in [2.75, 3.05) is 7.05 Å². The van der Waals surface area contributed by atoms with E-state index in [0.717, 1.165) is 5.69 Å². The predicted octanol–water partition coefficient (Wildman–Crippen LogP) is 0.989. The third kappa shape index (κ3) is 3.57. The van der Waals surface area contributed by atoms with Gasteiger partial charge in [0, 0.05) is 31.4 Å². The highest BCUT2D eigenvalue weighted by molar-refractivity contribution is 5.81. The SMILES string of the molecule is CNC(=O)[C@H](Cc1cnc[nH]1)NC1CCCCC1. The molecule has 1 aromatic rings. The van der Waals surface area contributed by atoms with Crippen molar-refractivity contribution in [1.82, 2.24) is 20.6 Å². The van der Waals surface area contributed by atoms with Gasteiger partial charge in [0.2, 0.25) is 5.91 Å². The molecule has 1 fully saturated rings. The van der Waals surface area contributed by atoms with Gasteiger partial charge in [-0.15, -0.1) is 0 Å². The number of nitrogens with zero attached hydrogens (tertiary/aromatic N) is 1. The van der Waals surface area contributed by atoms with Gasteiger partial charge >= 0.3 is 0 Å². The molecule has 100 valence electrons. The van der Waals surface area contributed by atoms with Crippen molar-refractivity contribution in [3.8, 4) is 0 Å². The summed E-state index contributed by atoms with van der Waals surface area (Å²) in [5, 5.41) is 6.22. The molecule has 3 N–H and O–H groups in total. The lowest BCUT2D eigenvalue weighted by molar-refractivity contribution is -0.122. The van der Waals surface area contributed by atoms with Crippen LogP contribution in [-0.4, -0.2) is 35.0 Å². The number of nitrogens with one attached hydrogen (secondary N) is 3. The summed E-state index contributed by atoms with van der Waals surface area (Å²) in [5.74, 6) is 0.0511. The van der Waals surface area contributed by atoms with E-state index in [4.69, 9.17) is 0 Å². The van der Waals surface area contributed by atoms with Crippen molar-refractivity contribution < 1.29 is 4.79 Å². The standard InChI is InChI=1S/C13H22N4O/c1-14-13(18)12(7-11-8-15-9-16-11)17-10-5-3-2-4-6-10/h8-10,12,17H,2-7H2,1H3,(H,14,18)(H,15,16)/t12-/m0/s1. The molecule has 1 aromatic heterocycles. The lowest BCUT2D eigenvalue weighted by Gasteiger charge is -2.27. The van der Waals surface area contributed by atoms with E-state index in [1.165, 1.54) is 32.1 Å². The average molecular weight is 250 g/mol. The zero-order valence-corrected chi connectivity index (χ0v) is 10.9. The maximum absolute atomic E-state index is 11.9. The van der Waals surface area contributed by atoms with Gasteiger partial charge in [0.25, 0.3) is 0 Å². The molecular weight excluding hydrogens is 228 g/mol. The highest BCUT2D eigenvalue weighted by Crippen LogP contribution is 2.18. The molecule has 0 aliphatic heterocycles. The first-order valence-electron chi connectivity index (χ1n) is 6.74. The van der Waals surface area contributed by atoms with E-state index in [0.29, 0.717) is 12.5 Å². The Morgan fingerprint density at radius 3 is 2.89 bits per heavy atom. The number of amides is 1. The van der Waals surface area contributed by atoms with Crippen molar-refractivity contribution in [3.05, 3.63) is 18.2 Å². The molecule has 0 spiro atoms. The smallest absolute Gasteiger partial charge is 0.237 e. The molecule has 0 saturated heterocycles. The van der Waals surface area contributed by atoms with Crippen LogP contribution in [0.3, 0.4) is 0 Å². The van der Waals surface area contributed by atoms with E-state index in [2.05, 4.69) is 20.6 Å². The quantitative estimate of drug-likeness (QED) is 0.730. The number of likely N-dealkylation sites (N-methyl/N-ethyl adjacent to an activating group) is 1. The number of aromatic nitrogens is 2. The Morgan fingerprint density at radius 2 is 2.28 bits per heavy atom. The van der Waals surface area contributed by atoms with E-state index in [9.17, 15) is 4.79 Å². The Morgan fingerprint density at radius 1 is 1.50 bits per heavy atom. The zero-order chi connectivity index (χ0) is 12.8. The van der Waals surface area contributed by atoms with Crippen molar-refractivity contribution in [2.24, 2.45) is 0 Å². The highest BCUT2D eigenvalue weighted by atomic mass is 16.2. The van der Waals surface area contributed by atoms with Crippen molar-refractivity contribution >= 4 is 5.91 Å². The van der Waals surface area contributed by atoms with Crippen LogP contribution in [0.4, 0.5) is 0 Å². The van der Waals surface area contributed by atoms with Crippen molar-refractivity contribution in [2.45, 2.75) is 50.6 Å². The van der Waals surface area contributed by atoms with Crippen LogP contribution in [0.1, 0.15) is 37.8 Å². The lowest BCUT2D eigenvalue weighted by atomic mass is 9.94. The fourth-order valence-corrected chi connectivity index (χ4v) is 2.57. The van der Waals surface area contributed by atoms with Crippen LogP contribution in [-0.2, 0) is 11.2 Å². The normalized spacial score (nSPS) is 18.5. The molecule has 1 atom stereocenters. The third-order valence-corrected chi connectivity index (χ3v) is 3.58. The van der Waals surface area contributed by atoms with Crippen LogP contribution in [0.5, 0.6) is 0 Å². The summed E-state index contributed by atoms with van der Waals surface area (Å²) in [7, 11) is 1.69. The van der Waals surface area contributed by atoms with E-state index in [1.807, 2.05) is 0 Å². The molecule has 0 unspecified atom stereocenters. The van der Waals surface area contributed by atoms with Gasteiger partial charge in [-0.1, -0.05) is 19.3 Å². The van der Waals surface area contributed by atoms with Crippen LogP contribution in [0.2, 0.25) is 0 Å². The maximum Gasteiger partial charge on any atom is 0.237 e.